The molecule has 1 fully saturated rings. The highest BCUT2D eigenvalue weighted by molar-refractivity contribution is 6.35. The fourth-order valence-corrected chi connectivity index (χ4v) is 5.25. The molecule has 0 saturated carbocycles. The SMILES string of the molecule is CCC1[C@@H](C(=O)O)CCCN1CC1=CC[C@@H](c2ccc(Cl)cc2Cl)[C@H](N)C1. The van der Waals surface area contributed by atoms with E-state index >= 15 is 0 Å². The zero-order valence-corrected chi connectivity index (χ0v) is 17.2. The average Bonchev–Trinajstić information content (AvgIpc) is 2.62. The summed E-state index contributed by atoms with van der Waals surface area (Å²) in [4.78, 5) is 13.9. The van der Waals surface area contributed by atoms with E-state index in [-0.39, 0.29) is 23.9 Å². The Morgan fingerprint density at radius 3 is 2.78 bits per heavy atom. The van der Waals surface area contributed by atoms with Crippen molar-refractivity contribution in [3.8, 4) is 0 Å². The summed E-state index contributed by atoms with van der Waals surface area (Å²) in [5.74, 6) is -0.742. The second-order valence-corrected chi connectivity index (χ2v) is 8.62. The molecule has 1 aromatic rings. The maximum Gasteiger partial charge on any atom is 0.308 e. The highest BCUT2D eigenvalue weighted by Crippen LogP contribution is 2.37. The van der Waals surface area contributed by atoms with Crippen LogP contribution in [0.1, 0.15) is 50.5 Å². The van der Waals surface area contributed by atoms with Crippen molar-refractivity contribution < 1.29 is 9.90 Å². The van der Waals surface area contributed by atoms with Gasteiger partial charge in [0.05, 0.1) is 5.92 Å². The summed E-state index contributed by atoms with van der Waals surface area (Å²) in [7, 11) is 0. The first-order chi connectivity index (χ1) is 12.9. The minimum Gasteiger partial charge on any atom is -0.481 e. The number of hydrogen-bond donors (Lipinski definition) is 2. The van der Waals surface area contributed by atoms with Crippen LogP contribution in [0.3, 0.4) is 0 Å². The summed E-state index contributed by atoms with van der Waals surface area (Å²) in [6.07, 6.45) is 6.52. The molecule has 1 aliphatic carbocycles. The molecule has 1 heterocycles. The molecule has 148 valence electrons. The lowest BCUT2D eigenvalue weighted by molar-refractivity contribution is -0.146. The number of rotatable bonds is 5. The van der Waals surface area contributed by atoms with Crippen LogP contribution >= 0.6 is 23.2 Å². The third kappa shape index (κ3) is 4.68. The van der Waals surface area contributed by atoms with E-state index in [0.717, 1.165) is 50.8 Å². The van der Waals surface area contributed by atoms with Crippen molar-refractivity contribution in [2.24, 2.45) is 11.7 Å². The van der Waals surface area contributed by atoms with Crippen molar-refractivity contribution in [3.63, 3.8) is 0 Å². The van der Waals surface area contributed by atoms with Gasteiger partial charge in [-0.05, 0) is 56.3 Å². The van der Waals surface area contributed by atoms with Gasteiger partial charge in [-0.1, -0.05) is 47.8 Å². The monoisotopic (exact) mass is 410 g/mol. The number of halogens is 2. The van der Waals surface area contributed by atoms with Crippen molar-refractivity contribution >= 4 is 29.2 Å². The van der Waals surface area contributed by atoms with Crippen LogP contribution in [0.2, 0.25) is 10.0 Å². The topological polar surface area (TPSA) is 66.6 Å². The number of carboxylic acids is 1. The number of nitrogens with two attached hydrogens (primary N) is 1. The van der Waals surface area contributed by atoms with Crippen LogP contribution < -0.4 is 5.73 Å². The predicted molar refractivity (Wildman–Crippen MR) is 111 cm³/mol. The normalized spacial score (nSPS) is 29.4. The summed E-state index contributed by atoms with van der Waals surface area (Å²) >= 11 is 12.4. The number of carboxylic acid groups (broad SMARTS) is 1. The Bertz CT molecular complexity index is 722. The van der Waals surface area contributed by atoms with Gasteiger partial charge in [-0.2, -0.15) is 0 Å². The van der Waals surface area contributed by atoms with Crippen LogP contribution in [0.4, 0.5) is 0 Å². The molecule has 0 aromatic heterocycles. The molecular weight excluding hydrogens is 383 g/mol. The van der Waals surface area contributed by atoms with Gasteiger partial charge in [-0.15, -0.1) is 0 Å². The van der Waals surface area contributed by atoms with Gasteiger partial charge in [0.15, 0.2) is 0 Å². The second-order valence-electron chi connectivity index (χ2n) is 7.77. The molecule has 0 spiro atoms. The van der Waals surface area contributed by atoms with Crippen molar-refractivity contribution in [1.82, 2.24) is 4.90 Å². The first kappa shape index (κ1) is 20.7. The van der Waals surface area contributed by atoms with Crippen LogP contribution in [0, 0.1) is 5.92 Å². The fraction of sp³-hybridized carbons (Fsp3) is 0.571. The van der Waals surface area contributed by atoms with E-state index in [0.29, 0.717) is 10.0 Å². The molecule has 27 heavy (non-hydrogen) atoms. The van der Waals surface area contributed by atoms with Gasteiger partial charge < -0.3 is 10.8 Å². The third-order valence-corrected chi connectivity index (χ3v) is 6.64. The fourth-order valence-electron chi connectivity index (χ4n) is 4.70. The Morgan fingerprint density at radius 2 is 2.15 bits per heavy atom. The average molecular weight is 411 g/mol. The van der Waals surface area contributed by atoms with Crippen molar-refractivity contribution in [3.05, 3.63) is 45.5 Å². The number of nitrogens with zero attached hydrogens (tertiary/aromatic N) is 1. The van der Waals surface area contributed by atoms with Crippen molar-refractivity contribution in [2.75, 3.05) is 13.1 Å². The van der Waals surface area contributed by atoms with Gasteiger partial charge in [-0.3, -0.25) is 9.69 Å². The molecule has 1 unspecified atom stereocenters. The zero-order chi connectivity index (χ0) is 19.6. The molecule has 2 aliphatic rings. The third-order valence-electron chi connectivity index (χ3n) is 6.07. The number of hydrogen-bond acceptors (Lipinski definition) is 3. The van der Waals surface area contributed by atoms with E-state index in [1.807, 2.05) is 12.1 Å². The number of carbonyl (C=O) groups is 1. The smallest absolute Gasteiger partial charge is 0.308 e. The minimum atomic E-state index is -0.668. The molecule has 3 N–H and O–H groups in total. The Kier molecular flexibility index (Phi) is 6.85. The van der Waals surface area contributed by atoms with E-state index < -0.39 is 5.97 Å². The molecule has 0 bridgehead atoms. The first-order valence-electron chi connectivity index (χ1n) is 9.76. The predicted octanol–water partition coefficient (Wildman–Crippen LogP) is 4.70. The maximum atomic E-state index is 11.6. The second kappa shape index (κ2) is 8.95. The molecule has 3 rings (SSSR count). The van der Waals surface area contributed by atoms with Crippen LogP contribution in [0.5, 0.6) is 0 Å². The Hall–Kier alpha value is -1.07. The maximum absolute atomic E-state index is 11.6. The molecule has 1 saturated heterocycles. The lowest BCUT2D eigenvalue weighted by atomic mass is 9.80. The van der Waals surface area contributed by atoms with E-state index in [1.165, 1.54) is 5.57 Å². The summed E-state index contributed by atoms with van der Waals surface area (Å²) in [5.41, 5.74) is 8.88. The van der Waals surface area contributed by atoms with Crippen LogP contribution in [-0.2, 0) is 4.79 Å². The number of likely N-dealkylation sites (tertiary alicyclic amines) is 1. The van der Waals surface area contributed by atoms with E-state index in [2.05, 4.69) is 17.9 Å². The molecule has 0 radical (unpaired) electrons. The standard InChI is InChI=1S/C21H28Cl2N2O2/c1-2-20-17(21(26)27)4-3-9-25(20)12-13-5-7-16(19(24)10-13)15-8-6-14(22)11-18(15)23/h5-6,8,11,16-17,19-20H,2-4,7,9-10,12,24H2,1H3,(H,26,27)/t16-,17-,19+,20?/m0/s1. The largest absolute Gasteiger partial charge is 0.481 e. The lowest BCUT2D eigenvalue weighted by Gasteiger charge is -2.41. The summed E-state index contributed by atoms with van der Waals surface area (Å²) in [6.45, 7) is 3.86. The van der Waals surface area contributed by atoms with E-state index in [9.17, 15) is 9.90 Å². The number of benzene rings is 1. The van der Waals surface area contributed by atoms with E-state index in [4.69, 9.17) is 28.9 Å². The van der Waals surface area contributed by atoms with Crippen LogP contribution in [-0.4, -0.2) is 41.1 Å². The molecule has 6 heteroatoms. The number of piperidine rings is 1. The van der Waals surface area contributed by atoms with Crippen molar-refractivity contribution in [1.29, 1.82) is 0 Å². The number of aliphatic carboxylic acids is 1. The van der Waals surface area contributed by atoms with Gasteiger partial charge in [-0.25, -0.2) is 0 Å². The van der Waals surface area contributed by atoms with Gasteiger partial charge in [0.25, 0.3) is 0 Å². The summed E-state index contributed by atoms with van der Waals surface area (Å²) in [5, 5.41) is 10.8. The highest BCUT2D eigenvalue weighted by Gasteiger charge is 2.35. The Labute approximate surface area is 171 Å². The van der Waals surface area contributed by atoms with E-state index in [1.54, 1.807) is 6.07 Å². The molecule has 4 atom stereocenters. The lowest BCUT2D eigenvalue weighted by Crippen LogP contribution is -2.48. The molecule has 0 amide bonds. The molecule has 4 nitrogen and oxygen atoms in total. The Balaban J connectivity index is 1.70. The van der Waals surface area contributed by atoms with Crippen LogP contribution in [0.25, 0.3) is 0 Å². The van der Waals surface area contributed by atoms with Gasteiger partial charge in [0.2, 0.25) is 0 Å². The first-order valence-corrected chi connectivity index (χ1v) is 10.5. The molecular formula is C21H28Cl2N2O2. The van der Waals surface area contributed by atoms with Gasteiger partial charge in [0, 0.05) is 34.6 Å². The Morgan fingerprint density at radius 1 is 1.37 bits per heavy atom. The zero-order valence-electron chi connectivity index (χ0n) is 15.7. The van der Waals surface area contributed by atoms with Gasteiger partial charge in [0.1, 0.15) is 0 Å². The van der Waals surface area contributed by atoms with Gasteiger partial charge >= 0.3 is 5.97 Å². The highest BCUT2D eigenvalue weighted by atomic mass is 35.5. The minimum absolute atomic E-state index is 0.00353. The quantitative estimate of drug-likeness (QED) is 0.690. The summed E-state index contributed by atoms with van der Waals surface area (Å²) < 4.78 is 0. The molecule has 1 aliphatic heterocycles. The molecule has 1 aromatic carbocycles. The van der Waals surface area contributed by atoms with Crippen molar-refractivity contribution in [2.45, 2.75) is 57.0 Å². The van der Waals surface area contributed by atoms with Crippen LogP contribution in [0.15, 0.2) is 29.8 Å². The summed E-state index contributed by atoms with van der Waals surface area (Å²) in [6, 6.07) is 5.72. The number of allylic oxidation sites excluding steroid dienone is 1.